The maximum absolute atomic E-state index is 12.0. The molecule has 0 aromatic heterocycles. The van der Waals surface area contributed by atoms with Crippen LogP contribution in [0, 0.1) is 0 Å². The van der Waals surface area contributed by atoms with Crippen LogP contribution >= 0.6 is 39.1 Å². The van der Waals surface area contributed by atoms with E-state index in [1.807, 2.05) is 0 Å². The number of nitrogens with one attached hydrogen (secondary N) is 1. The van der Waals surface area contributed by atoms with Gasteiger partial charge in [0.05, 0.1) is 4.90 Å². The first-order valence-corrected chi connectivity index (χ1v) is 8.25. The zero-order chi connectivity index (χ0) is 13.1. The number of hydrogen-bond donors (Lipinski definition) is 1. The van der Waals surface area contributed by atoms with Gasteiger partial charge in [-0.3, -0.25) is 0 Å². The van der Waals surface area contributed by atoms with Crippen LogP contribution in [0.5, 0.6) is 0 Å². The van der Waals surface area contributed by atoms with E-state index in [1.54, 1.807) is 6.92 Å². The topological polar surface area (TPSA) is 46.2 Å². The third kappa shape index (κ3) is 4.75. The third-order valence-corrected chi connectivity index (χ3v) is 4.51. The maximum atomic E-state index is 12.0. The first-order valence-electron chi connectivity index (χ1n) is 4.89. The Balaban J connectivity index is 2.97. The summed E-state index contributed by atoms with van der Waals surface area (Å²) in [5, 5.41) is 1.32. The standard InChI is InChI=1S/C10H12BrCl2NO2S/c1-7(2-3-11)14-17(15,16)10-5-8(12)4-9(13)6-10/h4-7,14H,2-3H2,1H3. The largest absolute Gasteiger partial charge is 0.240 e. The van der Waals surface area contributed by atoms with Crippen molar-refractivity contribution in [2.24, 2.45) is 0 Å². The number of benzene rings is 1. The van der Waals surface area contributed by atoms with E-state index in [1.165, 1.54) is 18.2 Å². The van der Waals surface area contributed by atoms with Gasteiger partial charge < -0.3 is 0 Å². The molecule has 0 saturated heterocycles. The highest BCUT2D eigenvalue weighted by molar-refractivity contribution is 9.09. The summed E-state index contributed by atoms with van der Waals surface area (Å²) < 4.78 is 26.5. The second kappa shape index (κ2) is 6.38. The lowest BCUT2D eigenvalue weighted by Gasteiger charge is -2.13. The fourth-order valence-corrected chi connectivity index (χ4v) is 3.93. The molecule has 3 nitrogen and oxygen atoms in total. The summed E-state index contributed by atoms with van der Waals surface area (Å²) >= 11 is 14.8. The second-order valence-corrected chi connectivity index (χ2v) is 6.98. The van der Waals surface area contributed by atoms with Crippen LogP contribution in [0.25, 0.3) is 0 Å². The quantitative estimate of drug-likeness (QED) is 0.817. The number of alkyl halides is 1. The summed E-state index contributed by atoms with van der Waals surface area (Å²) in [6, 6.07) is 4.08. The van der Waals surface area contributed by atoms with Crippen molar-refractivity contribution in [2.75, 3.05) is 5.33 Å². The Labute approximate surface area is 120 Å². The van der Waals surface area contributed by atoms with E-state index in [-0.39, 0.29) is 10.9 Å². The Hall–Kier alpha value is 0.190. The van der Waals surface area contributed by atoms with Gasteiger partial charge in [0.2, 0.25) is 10.0 Å². The number of rotatable bonds is 5. The molecule has 1 atom stereocenters. The number of sulfonamides is 1. The molecule has 0 amide bonds. The van der Waals surface area contributed by atoms with Gasteiger partial charge in [0, 0.05) is 21.4 Å². The van der Waals surface area contributed by atoms with Crippen LogP contribution in [0.3, 0.4) is 0 Å². The van der Waals surface area contributed by atoms with E-state index in [0.29, 0.717) is 16.5 Å². The molecule has 96 valence electrons. The minimum absolute atomic E-state index is 0.0800. The molecule has 0 aliphatic carbocycles. The molecule has 0 radical (unpaired) electrons. The molecule has 0 spiro atoms. The smallest absolute Gasteiger partial charge is 0.208 e. The summed E-state index contributed by atoms with van der Waals surface area (Å²) in [7, 11) is -3.57. The molecule has 0 saturated carbocycles. The summed E-state index contributed by atoms with van der Waals surface area (Å²) in [6.45, 7) is 1.80. The second-order valence-electron chi connectivity index (χ2n) is 3.61. The molecule has 7 heteroatoms. The van der Waals surface area contributed by atoms with Gasteiger partial charge in [-0.25, -0.2) is 13.1 Å². The number of hydrogen-bond acceptors (Lipinski definition) is 2. The molecule has 1 unspecified atom stereocenters. The minimum Gasteiger partial charge on any atom is -0.208 e. The van der Waals surface area contributed by atoms with Crippen molar-refractivity contribution in [3.63, 3.8) is 0 Å². The van der Waals surface area contributed by atoms with Crippen LogP contribution in [0.15, 0.2) is 23.1 Å². The molecule has 17 heavy (non-hydrogen) atoms. The Morgan fingerprint density at radius 2 is 1.82 bits per heavy atom. The molecule has 0 aliphatic heterocycles. The first kappa shape index (κ1) is 15.2. The van der Waals surface area contributed by atoms with Crippen LogP contribution in [-0.4, -0.2) is 19.8 Å². The molecular formula is C10H12BrCl2NO2S. The van der Waals surface area contributed by atoms with Gasteiger partial charge in [0.25, 0.3) is 0 Å². The monoisotopic (exact) mass is 359 g/mol. The maximum Gasteiger partial charge on any atom is 0.240 e. The molecule has 0 fully saturated rings. The van der Waals surface area contributed by atoms with Crippen LogP contribution < -0.4 is 4.72 Å². The SMILES string of the molecule is CC(CCBr)NS(=O)(=O)c1cc(Cl)cc(Cl)c1. The zero-order valence-corrected chi connectivity index (χ0v) is 13.0. The van der Waals surface area contributed by atoms with E-state index < -0.39 is 10.0 Å². The van der Waals surface area contributed by atoms with Crippen LogP contribution in [0.2, 0.25) is 10.0 Å². The molecule has 0 heterocycles. The Morgan fingerprint density at radius 3 is 2.29 bits per heavy atom. The van der Waals surface area contributed by atoms with Gasteiger partial charge in [0.15, 0.2) is 0 Å². The zero-order valence-electron chi connectivity index (χ0n) is 9.08. The van der Waals surface area contributed by atoms with Crippen molar-refractivity contribution >= 4 is 49.2 Å². The Morgan fingerprint density at radius 1 is 1.29 bits per heavy atom. The summed E-state index contributed by atoms with van der Waals surface area (Å²) in [5.74, 6) is 0. The van der Waals surface area contributed by atoms with Gasteiger partial charge in [-0.2, -0.15) is 0 Å². The van der Waals surface area contributed by atoms with Crippen LogP contribution in [0.4, 0.5) is 0 Å². The van der Waals surface area contributed by atoms with Gasteiger partial charge in [0.1, 0.15) is 0 Å². The van der Waals surface area contributed by atoms with Crippen LogP contribution in [-0.2, 0) is 10.0 Å². The Bertz CT molecular complexity index is 473. The molecule has 1 aromatic rings. The van der Waals surface area contributed by atoms with Gasteiger partial charge in [-0.05, 0) is 31.5 Å². The highest BCUT2D eigenvalue weighted by Gasteiger charge is 2.18. The van der Waals surface area contributed by atoms with E-state index in [2.05, 4.69) is 20.7 Å². The average molecular weight is 361 g/mol. The first-order chi connectivity index (χ1) is 7.85. The molecular weight excluding hydrogens is 349 g/mol. The van der Waals surface area contributed by atoms with E-state index in [0.717, 1.165) is 5.33 Å². The van der Waals surface area contributed by atoms with Crippen molar-refractivity contribution in [3.8, 4) is 0 Å². The molecule has 0 bridgehead atoms. The molecule has 1 aromatic carbocycles. The normalized spacial score (nSPS) is 13.6. The van der Waals surface area contributed by atoms with Gasteiger partial charge in [-0.15, -0.1) is 0 Å². The van der Waals surface area contributed by atoms with E-state index >= 15 is 0 Å². The molecule has 1 rings (SSSR count). The predicted molar refractivity (Wildman–Crippen MR) is 74.7 cm³/mol. The molecule has 0 aliphatic rings. The van der Waals surface area contributed by atoms with Crippen molar-refractivity contribution in [1.29, 1.82) is 0 Å². The van der Waals surface area contributed by atoms with Crippen molar-refractivity contribution in [2.45, 2.75) is 24.3 Å². The minimum atomic E-state index is -3.57. The fraction of sp³-hybridized carbons (Fsp3) is 0.400. The fourth-order valence-electron chi connectivity index (χ4n) is 1.24. The average Bonchev–Trinajstić information content (AvgIpc) is 2.15. The van der Waals surface area contributed by atoms with E-state index in [9.17, 15) is 8.42 Å². The Kier molecular flexibility index (Phi) is 5.73. The highest BCUT2D eigenvalue weighted by Crippen LogP contribution is 2.22. The van der Waals surface area contributed by atoms with E-state index in [4.69, 9.17) is 23.2 Å². The van der Waals surface area contributed by atoms with Gasteiger partial charge in [-0.1, -0.05) is 39.1 Å². The lowest BCUT2D eigenvalue weighted by atomic mass is 10.3. The van der Waals surface area contributed by atoms with Crippen molar-refractivity contribution < 1.29 is 8.42 Å². The lowest BCUT2D eigenvalue weighted by Crippen LogP contribution is -2.32. The van der Waals surface area contributed by atoms with Crippen molar-refractivity contribution in [3.05, 3.63) is 28.2 Å². The number of halogens is 3. The third-order valence-electron chi connectivity index (χ3n) is 2.04. The lowest BCUT2D eigenvalue weighted by molar-refractivity contribution is 0.557. The predicted octanol–water partition coefficient (Wildman–Crippen LogP) is 3.45. The van der Waals surface area contributed by atoms with Crippen molar-refractivity contribution in [1.82, 2.24) is 4.72 Å². The summed E-state index contributed by atoms with van der Waals surface area (Å²) in [4.78, 5) is 0.0800. The molecule has 1 N–H and O–H groups in total. The van der Waals surface area contributed by atoms with Gasteiger partial charge >= 0.3 is 0 Å². The highest BCUT2D eigenvalue weighted by atomic mass is 79.9. The van der Waals surface area contributed by atoms with Crippen LogP contribution in [0.1, 0.15) is 13.3 Å². The summed E-state index contributed by atoms with van der Waals surface area (Å²) in [6.07, 6.45) is 0.702. The summed E-state index contributed by atoms with van der Waals surface area (Å²) in [5.41, 5.74) is 0.